The van der Waals surface area contributed by atoms with Gasteiger partial charge in [0.2, 0.25) is 0 Å². The molecule has 0 spiro atoms. The number of aromatic nitrogens is 3. The molecule has 0 amide bonds. The zero-order chi connectivity index (χ0) is 15.2. The van der Waals surface area contributed by atoms with Crippen molar-refractivity contribution in [2.75, 3.05) is 11.4 Å². The summed E-state index contributed by atoms with van der Waals surface area (Å²) in [7, 11) is 0. The zero-order valence-electron chi connectivity index (χ0n) is 13.0. The van der Waals surface area contributed by atoms with Gasteiger partial charge in [-0.1, -0.05) is 19.9 Å². The van der Waals surface area contributed by atoms with E-state index in [4.69, 9.17) is 5.73 Å². The molecule has 5 nitrogen and oxygen atoms in total. The molecule has 0 aromatic carbocycles. The van der Waals surface area contributed by atoms with Gasteiger partial charge in [-0.05, 0) is 19.1 Å². The number of nitrogens with zero attached hydrogens (tertiary/aromatic N) is 4. The topological polar surface area (TPSA) is 67.9 Å². The molecule has 0 bridgehead atoms. The third-order valence-electron chi connectivity index (χ3n) is 3.38. The fraction of sp³-hybridized carbons (Fsp3) is 0.438. The average Bonchev–Trinajstić information content (AvgIpc) is 2.53. The summed E-state index contributed by atoms with van der Waals surface area (Å²) in [6, 6.07) is 5.94. The van der Waals surface area contributed by atoms with Crippen LogP contribution in [0.1, 0.15) is 43.9 Å². The van der Waals surface area contributed by atoms with Gasteiger partial charge in [0.05, 0.1) is 29.8 Å². The van der Waals surface area contributed by atoms with Crippen LogP contribution in [0.4, 0.5) is 5.69 Å². The van der Waals surface area contributed by atoms with Gasteiger partial charge in [-0.25, -0.2) is 9.97 Å². The minimum absolute atomic E-state index is 0.301. The van der Waals surface area contributed by atoms with Crippen LogP contribution in [0.25, 0.3) is 0 Å². The van der Waals surface area contributed by atoms with Crippen molar-refractivity contribution in [1.82, 2.24) is 15.0 Å². The fourth-order valence-electron chi connectivity index (χ4n) is 2.17. The number of rotatable bonds is 6. The fourth-order valence-corrected chi connectivity index (χ4v) is 2.17. The molecule has 0 saturated carbocycles. The lowest BCUT2D eigenvalue weighted by Gasteiger charge is -2.24. The Bertz CT molecular complexity index is 568. The van der Waals surface area contributed by atoms with E-state index in [-0.39, 0.29) is 0 Å². The molecule has 2 heterocycles. The summed E-state index contributed by atoms with van der Waals surface area (Å²) in [5, 5.41) is 0. The molecule has 2 N–H and O–H groups in total. The highest BCUT2D eigenvalue weighted by Gasteiger charge is 2.14. The van der Waals surface area contributed by atoms with Crippen LogP contribution >= 0.6 is 0 Å². The van der Waals surface area contributed by atoms with Crippen molar-refractivity contribution >= 4 is 5.69 Å². The molecule has 112 valence electrons. The van der Waals surface area contributed by atoms with E-state index in [0.29, 0.717) is 12.5 Å². The Morgan fingerprint density at radius 2 is 2.05 bits per heavy atom. The third-order valence-corrected chi connectivity index (χ3v) is 3.38. The Morgan fingerprint density at radius 1 is 1.24 bits per heavy atom. The Labute approximate surface area is 126 Å². The highest BCUT2D eigenvalue weighted by molar-refractivity contribution is 5.49. The summed E-state index contributed by atoms with van der Waals surface area (Å²) >= 11 is 0. The van der Waals surface area contributed by atoms with E-state index in [0.717, 1.165) is 36.0 Å². The molecule has 0 radical (unpaired) electrons. The van der Waals surface area contributed by atoms with Gasteiger partial charge in [0.1, 0.15) is 5.82 Å². The standard InChI is InChI=1S/C16H23N5/c1-4-21(11-13-7-5-6-8-18-13)15-10-19-16(12(2)3)20-14(15)9-17/h5-8,10,12H,4,9,11,17H2,1-3H3. The maximum absolute atomic E-state index is 5.87. The number of nitrogens with two attached hydrogens (primary N) is 1. The molecular weight excluding hydrogens is 262 g/mol. The van der Waals surface area contributed by atoms with Gasteiger partial charge in [0.15, 0.2) is 0 Å². The van der Waals surface area contributed by atoms with Gasteiger partial charge in [0.25, 0.3) is 0 Å². The molecule has 5 heteroatoms. The highest BCUT2D eigenvalue weighted by atomic mass is 15.2. The molecule has 2 aromatic rings. The lowest BCUT2D eigenvalue weighted by Crippen LogP contribution is -2.25. The second kappa shape index (κ2) is 7.13. The number of hydrogen-bond acceptors (Lipinski definition) is 5. The summed E-state index contributed by atoms with van der Waals surface area (Å²) < 4.78 is 0. The highest BCUT2D eigenvalue weighted by Crippen LogP contribution is 2.21. The average molecular weight is 285 g/mol. The summed E-state index contributed by atoms with van der Waals surface area (Å²) in [5.74, 6) is 1.14. The van der Waals surface area contributed by atoms with E-state index in [1.807, 2.05) is 30.6 Å². The SMILES string of the molecule is CCN(Cc1ccccn1)c1cnc(C(C)C)nc1CN. The van der Waals surface area contributed by atoms with Crippen molar-refractivity contribution in [3.8, 4) is 0 Å². The smallest absolute Gasteiger partial charge is 0.131 e. The van der Waals surface area contributed by atoms with Gasteiger partial charge < -0.3 is 10.6 Å². The van der Waals surface area contributed by atoms with Crippen molar-refractivity contribution in [3.05, 3.63) is 47.8 Å². The summed E-state index contributed by atoms with van der Waals surface area (Å²) in [6.07, 6.45) is 3.70. The molecule has 21 heavy (non-hydrogen) atoms. The van der Waals surface area contributed by atoms with E-state index in [9.17, 15) is 0 Å². The maximum Gasteiger partial charge on any atom is 0.131 e. The summed E-state index contributed by atoms with van der Waals surface area (Å²) in [6.45, 7) is 8.28. The van der Waals surface area contributed by atoms with Crippen LogP contribution in [0.2, 0.25) is 0 Å². The summed E-state index contributed by atoms with van der Waals surface area (Å²) in [4.78, 5) is 15.7. The molecule has 0 saturated heterocycles. The Kier molecular flexibility index (Phi) is 5.22. The van der Waals surface area contributed by atoms with E-state index in [2.05, 4.69) is 40.6 Å². The predicted octanol–water partition coefficient (Wildman–Crippen LogP) is 2.48. The van der Waals surface area contributed by atoms with E-state index < -0.39 is 0 Å². The maximum atomic E-state index is 5.87. The molecule has 0 aliphatic rings. The molecule has 0 aliphatic carbocycles. The van der Waals surface area contributed by atoms with Crippen molar-refractivity contribution in [2.45, 2.75) is 39.8 Å². The first kappa shape index (κ1) is 15.4. The van der Waals surface area contributed by atoms with Crippen LogP contribution in [-0.4, -0.2) is 21.5 Å². The minimum Gasteiger partial charge on any atom is -0.363 e. The van der Waals surface area contributed by atoms with Gasteiger partial charge in [-0.2, -0.15) is 0 Å². The monoisotopic (exact) mass is 285 g/mol. The Morgan fingerprint density at radius 3 is 2.62 bits per heavy atom. The molecule has 2 aromatic heterocycles. The molecule has 0 fully saturated rings. The van der Waals surface area contributed by atoms with Crippen LogP contribution < -0.4 is 10.6 Å². The molecule has 0 aliphatic heterocycles. The first-order chi connectivity index (χ1) is 10.2. The lowest BCUT2D eigenvalue weighted by molar-refractivity contribution is 0.736. The van der Waals surface area contributed by atoms with Gasteiger partial charge in [-0.3, -0.25) is 4.98 Å². The van der Waals surface area contributed by atoms with Gasteiger partial charge >= 0.3 is 0 Å². The lowest BCUT2D eigenvalue weighted by atomic mass is 10.2. The molecular formula is C16H23N5. The van der Waals surface area contributed by atoms with Crippen molar-refractivity contribution in [3.63, 3.8) is 0 Å². The van der Waals surface area contributed by atoms with Gasteiger partial charge in [0, 0.05) is 25.2 Å². The third kappa shape index (κ3) is 3.76. The van der Waals surface area contributed by atoms with E-state index >= 15 is 0 Å². The molecule has 0 atom stereocenters. The van der Waals surface area contributed by atoms with Crippen molar-refractivity contribution in [1.29, 1.82) is 0 Å². The van der Waals surface area contributed by atoms with Crippen LogP contribution in [0.3, 0.4) is 0 Å². The van der Waals surface area contributed by atoms with Crippen LogP contribution in [0.15, 0.2) is 30.6 Å². The first-order valence-corrected chi connectivity index (χ1v) is 7.36. The predicted molar refractivity (Wildman–Crippen MR) is 85.0 cm³/mol. The molecule has 0 unspecified atom stereocenters. The second-order valence-corrected chi connectivity index (χ2v) is 5.25. The van der Waals surface area contributed by atoms with Crippen LogP contribution in [0.5, 0.6) is 0 Å². The quantitative estimate of drug-likeness (QED) is 0.883. The second-order valence-electron chi connectivity index (χ2n) is 5.25. The zero-order valence-corrected chi connectivity index (χ0v) is 13.0. The number of pyridine rings is 1. The van der Waals surface area contributed by atoms with E-state index in [1.165, 1.54) is 0 Å². The normalized spacial score (nSPS) is 10.9. The summed E-state index contributed by atoms with van der Waals surface area (Å²) in [5.41, 5.74) is 8.79. The first-order valence-electron chi connectivity index (χ1n) is 7.36. The largest absolute Gasteiger partial charge is 0.363 e. The Hall–Kier alpha value is -2.01. The van der Waals surface area contributed by atoms with Crippen LogP contribution in [0, 0.1) is 0 Å². The van der Waals surface area contributed by atoms with Crippen LogP contribution in [-0.2, 0) is 13.1 Å². The van der Waals surface area contributed by atoms with Crippen molar-refractivity contribution < 1.29 is 0 Å². The minimum atomic E-state index is 0.301. The Balaban J connectivity index is 2.29. The van der Waals surface area contributed by atoms with Gasteiger partial charge in [-0.15, -0.1) is 0 Å². The van der Waals surface area contributed by atoms with E-state index in [1.54, 1.807) is 0 Å². The van der Waals surface area contributed by atoms with Crippen molar-refractivity contribution in [2.24, 2.45) is 5.73 Å². The number of anilines is 1. The number of hydrogen-bond donors (Lipinski definition) is 1. The molecule has 2 rings (SSSR count).